The van der Waals surface area contributed by atoms with E-state index < -0.39 is 6.04 Å². The standard InChI is InChI=1S/C16H21N3O2/c1-10-15(20)17-14(11-8-9-11)16(21)19(10)13-7-5-4-6-12(13)18(2)3/h4-7,10-11,14H,8-9H2,1-3H3,(H,17,20). The Morgan fingerprint density at radius 1 is 1.19 bits per heavy atom. The van der Waals surface area contributed by atoms with Crippen LogP contribution in [0.3, 0.4) is 0 Å². The summed E-state index contributed by atoms with van der Waals surface area (Å²) < 4.78 is 0. The van der Waals surface area contributed by atoms with Crippen molar-refractivity contribution < 1.29 is 9.59 Å². The number of hydrogen-bond acceptors (Lipinski definition) is 3. The van der Waals surface area contributed by atoms with E-state index >= 15 is 0 Å². The molecule has 0 bridgehead atoms. The van der Waals surface area contributed by atoms with Crippen molar-refractivity contribution in [3.8, 4) is 0 Å². The lowest BCUT2D eigenvalue weighted by molar-refractivity contribution is -0.133. The largest absolute Gasteiger partial charge is 0.376 e. The maximum absolute atomic E-state index is 12.8. The molecule has 2 fully saturated rings. The molecule has 1 N–H and O–H groups in total. The summed E-state index contributed by atoms with van der Waals surface area (Å²) in [6, 6.07) is 6.88. The van der Waals surface area contributed by atoms with E-state index in [0.29, 0.717) is 5.92 Å². The van der Waals surface area contributed by atoms with Crippen molar-refractivity contribution in [3.05, 3.63) is 24.3 Å². The average molecular weight is 287 g/mol. The number of piperazine rings is 1. The summed E-state index contributed by atoms with van der Waals surface area (Å²) in [5, 5.41) is 2.88. The molecule has 2 aliphatic rings. The second kappa shape index (κ2) is 5.06. The summed E-state index contributed by atoms with van der Waals surface area (Å²) >= 11 is 0. The SMILES string of the molecule is CC1C(=O)NC(C2CC2)C(=O)N1c1ccccc1N(C)C. The molecule has 1 heterocycles. The van der Waals surface area contributed by atoms with Crippen molar-refractivity contribution >= 4 is 23.2 Å². The fraction of sp³-hybridized carbons (Fsp3) is 0.500. The molecule has 0 spiro atoms. The van der Waals surface area contributed by atoms with Crippen LogP contribution in [-0.2, 0) is 9.59 Å². The van der Waals surface area contributed by atoms with E-state index in [0.717, 1.165) is 24.2 Å². The van der Waals surface area contributed by atoms with Gasteiger partial charge in [-0.2, -0.15) is 0 Å². The van der Waals surface area contributed by atoms with Gasteiger partial charge in [0.25, 0.3) is 5.91 Å². The molecule has 112 valence electrons. The molecular formula is C16H21N3O2. The van der Waals surface area contributed by atoms with Gasteiger partial charge in [-0.05, 0) is 37.8 Å². The highest BCUT2D eigenvalue weighted by Gasteiger charge is 2.46. The minimum Gasteiger partial charge on any atom is -0.376 e. The van der Waals surface area contributed by atoms with Crippen LogP contribution in [0.1, 0.15) is 19.8 Å². The maximum atomic E-state index is 12.8. The minimum absolute atomic E-state index is 0.0129. The maximum Gasteiger partial charge on any atom is 0.250 e. The van der Waals surface area contributed by atoms with Crippen LogP contribution in [0.5, 0.6) is 0 Å². The van der Waals surface area contributed by atoms with E-state index in [4.69, 9.17) is 0 Å². The van der Waals surface area contributed by atoms with E-state index in [1.54, 1.807) is 11.8 Å². The molecule has 5 nitrogen and oxygen atoms in total. The fourth-order valence-corrected chi connectivity index (χ4v) is 2.92. The lowest BCUT2D eigenvalue weighted by Crippen LogP contribution is -2.63. The van der Waals surface area contributed by atoms with Crippen molar-refractivity contribution in [1.82, 2.24) is 5.32 Å². The van der Waals surface area contributed by atoms with Gasteiger partial charge in [0.15, 0.2) is 0 Å². The Hall–Kier alpha value is -2.04. The van der Waals surface area contributed by atoms with E-state index in [1.807, 2.05) is 43.3 Å². The Labute approximate surface area is 124 Å². The molecule has 1 aliphatic heterocycles. The van der Waals surface area contributed by atoms with Gasteiger partial charge in [-0.15, -0.1) is 0 Å². The molecule has 0 radical (unpaired) electrons. The Morgan fingerprint density at radius 3 is 2.48 bits per heavy atom. The third-order valence-corrected chi connectivity index (χ3v) is 4.28. The van der Waals surface area contributed by atoms with Crippen molar-refractivity contribution in [2.24, 2.45) is 5.92 Å². The third kappa shape index (κ3) is 2.37. The van der Waals surface area contributed by atoms with Crippen LogP contribution >= 0.6 is 0 Å². The predicted molar refractivity (Wildman–Crippen MR) is 82.4 cm³/mol. The van der Waals surface area contributed by atoms with Gasteiger partial charge in [-0.1, -0.05) is 12.1 Å². The summed E-state index contributed by atoms with van der Waals surface area (Å²) in [7, 11) is 3.88. The first kappa shape index (κ1) is 13.9. The van der Waals surface area contributed by atoms with Crippen LogP contribution in [0.15, 0.2) is 24.3 Å². The minimum atomic E-state index is -0.478. The lowest BCUT2D eigenvalue weighted by atomic mass is 10.0. The highest BCUT2D eigenvalue weighted by molar-refractivity contribution is 6.10. The van der Waals surface area contributed by atoms with Crippen LogP contribution in [0, 0.1) is 5.92 Å². The third-order valence-electron chi connectivity index (χ3n) is 4.28. The first-order chi connectivity index (χ1) is 10.0. The Kier molecular flexibility index (Phi) is 3.35. The van der Waals surface area contributed by atoms with Crippen LogP contribution in [0.2, 0.25) is 0 Å². The van der Waals surface area contributed by atoms with E-state index in [1.165, 1.54) is 0 Å². The average Bonchev–Trinajstić information content (AvgIpc) is 3.28. The molecule has 1 saturated heterocycles. The lowest BCUT2D eigenvalue weighted by Gasteiger charge is -2.39. The molecular weight excluding hydrogens is 266 g/mol. The van der Waals surface area contributed by atoms with Gasteiger partial charge >= 0.3 is 0 Å². The zero-order chi connectivity index (χ0) is 15.1. The molecule has 3 rings (SSSR count). The van der Waals surface area contributed by atoms with Crippen molar-refractivity contribution in [1.29, 1.82) is 0 Å². The van der Waals surface area contributed by atoms with Gasteiger partial charge in [-0.25, -0.2) is 0 Å². The Bertz CT molecular complexity index is 581. The zero-order valence-corrected chi connectivity index (χ0v) is 12.7. The van der Waals surface area contributed by atoms with Crippen molar-refractivity contribution in [2.75, 3.05) is 23.9 Å². The second-order valence-electron chi connectivity index (χ2n) is 6.09. The van der Waals surface area contributed by atoms with Gasteiger partial charge < -0.3 is 10.2 Å². The van der Waals surface area contributed by atoms with E-state index in [-0.39, 0.29) is 17.9 Å². The number of nitrogens with one attached hydrogen (secondary N) is 1. The molecule has 2 atom stereocenters. The van der Waals surface area contributed by atoms with Gasteiger partial charge in [0.2, 0.25) is 5.91 Å². The Morgan fingerprint density at radius 2 is 1.86 bits per heavy atom. The van der Waals surface area contributed by atoms with E-state index in [9.17, 15) is 9.59 Å². The van der Waals surface area contributed by atoms with Gasteiger partial charge in [0, 0.05) is 14.1 Å². The summed E-state index contributed by atoms with van der Waals surface area (Å²) in [4.78, 5) is 28.7. The van der Waals surface area contributed by atoms with Crippen LogP contribution in [0.4, 0.5) is 11.4 Å². The number of anilines is 2. The fourth-order valence-electron chi connectivity index (χ4n) is 2.92. The molecule has 1 aromatic rings. The van der Waals surface area contributed by atoms with Crippen LogP contribution in [-0.4, -0.2) is 38.0 Å². The van der Waals surface area contributed by atoms with Gasteiger partial charge in [0.05, 0.1) is 11.4 Å². The molecule has 2 unspecified atom stereocenters. The zero-order valence-electron chi connectivity index (χ0n) is 12.7. The molecule has 0 aromatic heterocycles. The van der Waals surface area contributed by atoms with Crippen LogP contribution in [0.25, 0.3) is 0 Å². The normalized spacial score (nSPS) is 25.8. The van der Waals surface area contributed by atoms with Gasteiger partial charge in [0.1, 0.15) is 12.1 Å². The summed E-state index contributed by atoms with van der Waals surface area (Å²) in [5.74, 6) is 0.252. The molecule has 1 aliphatic carbocycles. The molecule has 5 heteroatoms. The molecule has 21 heavy (non-hydrogen) atoms. The van der Waals surface area contributed by atoms with Crippen molar-refractivity contribution in [3.63, 3.8) is 0 Å². The van der Waals surface area contributed by atoms with Gasteiger partial charge in [-0.3, -0.25) is 14.5 Å². The quantitative estimate of drug-likeness (QED) is 0.914. The highest BCUT2D eigenvalue weighted by atomic mass is 16.2. The number of amides is 2. The highest BCUT2D eigenvalue weighted by Crippen LogP contribution is 2.38. The first-order valence-corrected chi connectivity index (χ1v) is 7.40. The number of rotatable bonds is 3. The summed E-state index contributed by atoms with van der Waals surface area (Å²) in [5.41, 5.74) is 1.75. The van der Waals surface area contributed by atoms with Crippen molar-refractivity contribution in [2.45, 2.75) is 31.8 Å². The summed E-state index contributed by atoms with van der Waals surface area (Å²) in [6.45, 7) is 1.78. The number of carbonyl (C=O) groups is 2. The molecule has 2 amide bonds. The smallest absolute Gasteiger partial charge is 0.250 e. The number of nitrogens with zero attached hydrogens (tertiary/aromatic N) is 2. The molecule has 1 aromatic carbocycles. The Balaban J connectivity index is 2.02. The number of carbonyl (C=O) groups excluding carboxylic acids is 2. The monoisotopic (exact) mass is 287 g/mol. The molecule has 1 saturated carbocycles. The topological polar surface area (TPSA) is 52.7 Å². The summed E-state index contributed by atoms with van der Waals surface area (Å²) in [6.07, 6.45) is 2.04. The van der Waals surface area contributed by atoms with E-state index in [2.05, 4.69) is 5.32 Å². The first-order valence-electron chi connectivity index (χ1n) is 7.40. The predicted octanol–water partition coefficient (Wildman–Crippen LogP) is 1.38. The number of para-hydroxylation sites is 2. The number of hydrogen-bond donors (Lipinski definition) is 1. The second-order valence-corrected chi connectivity index (χ2v) is 6.09. The number of benzene rings is 1. The van der Waals surface area contributed by atoms with Crippen LogP contribution < -0.4 is 15.1 Å².